The van der Waals surface area contributed by atoms with Crippen molar-refractivity contribution in [3.05, 3.63) is 6.20 Å². The quantitative estimate of drug-likeness (QED) is 0.531. The van der Waals surface area contributed by atoms with Crippen molar-refractivity contribution in [2.75, 3.05) is 11.9 Å². The zero-order valence-corrected chi connectivity index (χ0v) is 19.2. The topological polar surface area (TPSA) is 82.5 Å². The van der Waals surface area contributed by atoms with Gasteiger partial charge in [0, 0.05) is 12.6 Å². The van der Waals surface area contributed by atoms with E-state index in [1.54, 1.807) is 20.0 Å². The Bertz CT molecular complexity index is 667. The van der Waals surface area contributed by atoms with Crippen molar-refractivity contribution in [3.63, 3.8) is 0 Å². The lowest BCUT2D eigenvalue weighted by atomic mass is 9.86. The van der Waals surface area contributed by atoms with Crippen molar-refractivity contribution < 1.29 is 14.7 Å². The number of carbonyl (C=O) groups excluding carboxylic acids is 1. The molecular formula is C20H33N3O3S2. The Kier molecular flexibility index (Phi) is 8.18. The van der Waals surface area contributed by atoms with Crippen molar-refractivity contribution in [2.45, 2.75) is 81.7 Å². The van der Waals surface area contributed by atoms with E-state index in [0.29, 0.717) is 11.0 Å². The summed E-state index contributed by atoms with van der Waals surface area (Å²) in [4.78, 5) is 30.6. The lowest BCUT2D eigenvalue weighted by Gasteiger charge is -2.36. The molecule has 0 aliphatic heterocycles. The lowest BCUT2D eigenvalue weighted by molar-refractivity contribution is -0.138. The molecule has 1 fully saturated rings. The van der Waals surface area contributed by atoms with Gasteiger partial charge in [0.2, 0.25) is 0 Å². The summed E-state index contributed by atoms with van der Waals surface area (Å²) in [6.45, 7) is 10.7. The van der Waals surface area contributed by atoms with Crippen LogP contribution in [0.3, 0.4) is 0 Å². The summed E-state index contributed by atoms with van der Waals surface area (Å²) in [6.07, 6.45) is 7.05. The first-order valence-corrected chi connectivity index (χ1v) is 11.7. The second-order valence-electron chi connectivity index (χ2n) is 8.62. The third-order valence-electron chi connectivity index (χ3n) is 5.20. The molecule has 2 amide bonds. The second-order valence-corrected chi connectivity index (χ2v) is 11.6. The van der Waals surface area contributed by atoms with E-state index in [1.165, 1.54) is 35.9 Å². The van der Waals surface area contributed by atoms with Gasteiger partial charge in [0.05, 0.1) is 10.4 Å². The molecule has 0 radical (unpaired) electrons. The van der Waals surface area contributed by atoms with Crippen LogP contribution in [0.2, 0.25) is 0 Å². The summed E-state index contributed by atoms with van der Waals surface area (Å²) in [7, 11) is 0. The van der Waals surface area contributed by atoms with Crippen molar-refractivity contribution in [3.8, 4) is 0 Å². The molecule has 1 saturated carbocycles. The zero-order valence-electron chi connectivity index (χ0n) is 17.5. The fraction of sp³-hybridized carbons (Fsp3) is 0.750. The summed E-state index contributed by atoms with van der Waals surface area (Å²) < 4.78 is -0.154. The van der Waals surface area contributed by atoms with E-state index in [2.05, 4.69) is 31.1 Å². The number of thioether (sulfide) groups is 1. The van der Waals surface area contributed by atoms with Crippen LogP contribution in [0.25, 0.3) is 0 Å². The third-order valence-corrected chi connectivity index (χ3v) is 7.40. The van der Waals surface area contributed by atoms with E-state index < -0.39 is 10.7 Å². The Hall–Kier alpha value is -1.28. The molecule has 1 aliphatic rings. The number of hydrogen-bond donors (Lipinski definition) is 2. The van der Waals surface area contributed by atoms with Crippen LogP contribution in [0.5, 0.6) is 0 Å². The highest BCUT2D eigenvalue weighted by molar-refractivity contribution is 8.03. The predicted molar refractivity (Wildman–Crippen MR) is 116 cm³/mol. The van der Waals surface area contributed by atoms with E-state index >= 15 is 0 Å². The molecule has 28 heavy (non-hydrogen) atoms. The Labute approximate surface area is 176 Å². The summed E-state index contributed by atoms with van der Waals surface area (Å²) >= 11 is 2.57. The fourth-order valence-electron chi connectivity index (χ4n) is 3.22. The van der Waals surface area contributed by atoms with Crippen molar-refractivity contribution in [2.24, 2.45) is 11.8 Å². The van der Waals surface area contributed by atoms with Gasteiger partial charge in [-0.3, -0.25) is 10.1 Å². The number of nitrogens with zero attached hydrogens (tertiary/aromatic N) is 2. The zero-order chi connectivity index (χ0) is 20.9. The molecule has 1 aromatic rings. The minimum Gasteiger partial charge on any atom is -0.480 e. The fourth-order valence-corrected chi connectivity index (χ4v) is 5.49. The van der Waals surface area contributed by atoms with Gasteiger partial charge in [-0.15, -0.1) is 0 Å². The second kappa shape index (κ2) is 9.96. The minimum atomic E-state index is -0.935. The summed E-state index contributed by atoms with van der Waals surface area (Å²) in [5.41, 5.74) is 0. The number of urea groups is 1. The number of thiazole rings is 1. The van der Waals surface area contributed by atoms with Crippen LogP contribution in [-0.2, 0) is 4.79 Å². The molecule has 0 bridgehead atoms. The summed E-state index contributed by atoms with van der Waals surface area (Å²) in [6, 6.07) is 0.193. The molecule has 1 heterocycles. The monoisotopic (exact) mass is 427 g/mol. The van der Waals surface area contributed by atoms with E-state index in [4.69, 9.17) is 0 Å². The molecule has 1 aromatic heterocycles. The van der Waals surface area contributed by atoms with E-state index in [1.807, 2.05) is 4.90 Å². The van der Waals surface area contributed by atoms with Gasteiger partial charge in [0.25, 0.3) is 0 Å². The highest BCUT2D eigenvalue weighted by Crippen LogP contribution is 2.37. The maximum atomic E-state index is 13.0. The Morgan fingerprint density at radius 1 is 1.36 bits per heavy atom. The number of carbonyl (C=O) groups is 2. The highest BCUT2D eigenvalue weighted by Gasteiger charge is 2.30. The number of rotatable bonds is 8. The Balaban J connectivity index is 2.03. The van der Waals surface area contributed by atoms with Gasteiger partial charge in [-0.1, -0.05) is 43.9 Å². The van der Waals surface area contributed by atoms with E-state index in [9.17, 15) is 14.7 Å². The number of aliphatic carboxylic acids is 1. The largest absolute Gasteiger partial charge is 0.480 e. The standard InChI is InChI=1S/C20H33N3O3S2/c1-13(2)10-11-23(15-8-6-14(3)7-9-15)19(26)22-18-21-12-16(27-18)28-20(4,5)17(24)25/h12-15H,6-11H2,1-5H3,(H,24,25)(H,21,22,26)/t14-,15-. The molecule has 2 N–H and O–H groups in total. The van der Waals surface area contributed by atoms with Crippen LogP contribution in [0.4, 0.5) is 9.93 Å². The van der Waals surface area contributed by atoms with Crippen LogP contribution in [0.15, 0.2) is 10.4 Å². The lowest BCUT2D eigenvalue weighted by Crippen LogP contribution is -2.45. The molecule has 2 rings (SSSR count). The van der Waals surface area contributed by atoms with Gasteiger partial charge in [-0.05, 0) is 57.8 Å². The average molecular weight is 428 g/mol. The predicted octanol–water partition coefficient (Wildman–Crippen LogP) is 5.56. The van der Waals surface area contributed by atoms with Crippen LogP contribution < -0.4 is 5.32 Å². The number of amides is 2. The number of aromatic nitrogens is 1. The molecular weight excluding hydrogens is 394 g/mol. The van der Waals surface area contributed by atoms with Gasteiger partial charge >= 0.3 is 12.0 Å². The molecule has 8 heteroatoms. The smallest absolute Gasteiger partial charge is 0.323 e. The van der Waals surface area contributed by atoms with Gasteiger partial charge in [-0.25, -0.2) is 9.78 Å². The Morgan fingerprint density at radius 2 is 2.00 bits per heavy atom. The van der Waals surface area contributed by atoms with E-state index in [-0.39, 0.29) is 12.1 Å². The Morgan fingerprint density at radius 3 is 2.57 bits per heavy atom. The van der Waals surface area contributed by atoms with Gasteiger partial charge in [-0.2, -0.15) is 0 Å². The van der Waals surface area contributed by atoms with Crippen LogP contribution in [0.1, 0.15) is 66.7 Å². The third kappa shape index (κ3) is 6.65. The van der Waals surface area contributed by atoms with Gasteiger partial charge in [0.15, 0.2) is 5.13 Å². The highest BCUT2D eigenvalue weighted by atomic mass is 32.2. The molecule has 0 saturated heterocycles. The van der Waals surface area contributed by atoms with Crippen molar-refractivity contribution in [1.82, 2.24) is 9.88 Å². The molecule has 0 unspecified atom stereocenters. The SMILES string of the molecule is CC(C)CCN(C(=O)Nc1ncc(SC(C)(C)C(=O)O)s1)[C@H]1CC[C@H](C)CC1. The van der Waals surface area contributed by atoms with Gasteiger partial charge in [0.1, 0.15) is 4.75 Å². The average Bonchev–Trinajstić information content (AvgIpc) is 3.02. The minimum absolute atomic E-state index is 0.0939. The maximum absolute atomic E-state index is 13.0. The first kappa shape index (κ1) is 23.0. The van der Waals surface area contributed by atoms with Crippen molar-refractivity contribution in [1.29, 1.82) is 0 Å². The number of nitrogens with one attached hydrogen (secondary N) is 1. The van der Waals surface area contributed by atoms with Crippen LogP contribution in [0, 0.1) is 11.8 Å². The van der Waals surface area contributed by atoms with Gasteiger partial charge < -0.3 is 10.0 Å². The van der Waals surface area contributed by atoms with Crippen molar-refractivity contribution >= 4 is 40.2 Å². The number of hydrogen-bond acceptors (Lipinski definition) is 5. The van der Waals surface area contributed by atoms with Crippen LogP contribution in [-0.4, -0.2) is 44.3 Å². The summed E-state index contributed by atoms with van der Waals surface area (Å²) in [5.74, 6) is 0.407. The number of carboxylic acid groups (broad SMARTS) is 1. The molecule has 6 nitrogen and oxygen atoms in total. The molecule has 158 valence electrons. The normalized spacial score (nSPS) is 20.2. The molecule has 0 spiro atoms. The molecule has 1 aliphatic carbocycles. The first-order chi connectivity index (χ1) is 13.1. The number of anilines is 1. The maximum Gasteiger partial charge on any atom is 0.323 e. The summed E-state index contributed by atoms with van der Waals surface area (Å²) in [5, 5.41) is 12.7. The van der Waals surface area contributed by atoms with Crippen LogP contribution >= 0.6 is 23.1 Å². The number of carboxylic acids is 1. The first-order valence-electron chi connectivity index (χ1n) is 10.0. The van der Waals surface area contributed by atoms with E-state index in [0.717, 1.165) is 35.9 Å². The molecule has 0 aromatic carbocycles. The molecule has 0 atom stereocenters.